The molecule has 0 atom stereocenters. The first-order valence-corrected chi connectivity index (χ1v) is 4.99. The Labute approximate surface area is 84.0 Å². The van der Waals surface area contributed by atoms with Crippen LogP contribution in [0.4, 0.5) is 5.82 Å². The summed E-state index contributed by atoms with van der Waals surface area (Å²) in [6, 6.07) is 2.19. The van der Waals surface area contributed by atoms with Crippen LogP contribution in [-0.2, 0) is 6.42 Å². The van der Waals surface area contributed by atoms with Crippen molar-refractivity contribution in [3.63, 3.8) is 0 Å². The molecule has 3 N–H and O–H groups in total. The standard InChI is InChI=1S/C11H15N3/c12-5-2-1-3-9-7-10-4-6-13-11(10)14-8-9/h1,3,7-8H,2,4-6,12H2,(H,13,14). The Morgan fingerprint density at radius 2 is 2.50 bits per heavy atom. The molecular weight excluding hydrogens is 174 g/mol. The Balaban J connectivity index is 2.12. The number of fused-ring (bicyclic) bond motifs is 1. The SMILES string of the molecule is NCCC=Cc1cnc2c(c1)CCN2. The lowest BCUT2D eigenvalue weighted by molar-refractivity contribution is 1.01. The van der Waals surface area contributed by atoms with Gasteiger partial charge in [-0.15, -0.1) is 0 Å². The van der Waals surface area contributed by atoms with Crippen LogP contribution in [0.2, 0.25) is 0 Å². The molecule has 0 aromatic carbocycles. The van der Waals surface area contributed by atoms with Crippen LogP contribution in [0, 0.1) is 0 Å². The predicted octanol–water partition coefficient (Wildman–Crippen LogP) is 1.41. The predicted molar refractivity (Wildman–Crippen MR) is 59.1 cm³/mol. The third kappa shape index (κ3) is 1.93. The molecule has 0 amide bonds. The Morgan fingerprint density at radius 3 is 3.36 bits per heavy atom. The molecule has 0 radical (unpaired) electrons. The number of nitrogens with two attached hydrogens (primary N) is 1. The second-order valence-electron chi connectivity index (χ2n) is 3.43. The van der Waals surface area contributed by atoms with E-state index in [1.165, 1.54) is 11.1 Å². The summed E-state index contributed by atoms with van der Waals surface area (Å²) in [7, 11) is 0. The molecule has 14 heavy (non-hydrogen) atoms. The van der Waals surface area contributed by atoms with Gasteiger partial charge in [0.05, 0.1) is 0 Å². The molecule has 74 valence electrons. The van der Waals surface area contributed by atoms with Gasteiger partial charge in [-0.3, -0.25) is 0 Å². The van der Waals surface area contributed by atoms with Gasteiger partial charge in [0.1, 0.15) is 5.82 Å². The maximum Gasteiger partial charge on any atom is 0.129 e. The fourth-order valence-corrected chi connectivity index (χ4v) is 1.60. The topological polar surface area (TPSA) is 50.9 Å². The summed E-state index contributed by atoms with van der Waals surface area (Å²) >= 11 is 0. The molecule has 0 saturated carbocycles. The average Bonchev–Trinajstić information content (AvgIpc) is 2.65. The summed E-state index contributed by atoms with van der Waals surface area (Å²) in [6.45, 7) is 1.72. The first-order chi connectivity index (χ1) is 6.90. The first-order valence-electron chi connectivity index (χ1n) is 4.99. The van der Waals surface area contributed by atoms with Crippen LogP contribution >= 0.6 is 0 Å². The van der Waals surface area contributed by atoms with E-state index >= 15 is 0 Å². The Morgan fingerprint density at radius 1 is 1.57 bits per heavy atom. The molecule has 1 aromatic heterocycles. The lowest BCUT2D eigenvalue weighted by atomic mass is 10.1. The molecule has 1 aliphatic heterocycles. The van der Waals surface area contributed by atoms with Gasteiger partial charge < -0.3 is 11.1 Å². The van der Waals surface area contributed by atoms with E-state index in [1.54, 1.807) is 0 Å². The van der Waals surface area contributed by atoms with Crippen LogP contribution in [0.1, 0.15) is 17.5 Å². The molecule has 0 fully saturated rings. The van der Waals surface area contributed by atoms with Crippen LogP contribution < -0.4 is 11.1 Å². The quantitative estimate of drug-likeness (QED) is 0.756. The number of hydrogen-bond donors (Lipinski definition) is 2. The summed E-state index contributed by atoms with van der Waals surface area (Å²) in [5, 5.41) is 3.24. The van der Waals surface area contributed by atoms with E-state index in [2.05, 4.69) is 28.5 Å². The monoisotopic (exact) mass is 189 g/mol. The highest BCUT2D eigenvalue weighted by molar-refractivity contribution is 5.57. The number of aromatic nitrogens is 1. The van der Waals surface area contributed by atoms with Crippen molar-refractivity contribution in [2.24, 2.45) is 5.73 Å². The highest BCUT2D eigenvalue weighted by Gasteiger charge is 2.10. The molecule has 0 bridgehead atoms. The van der Waals surface area contributed by atoms with Crippen molar-refractivity contribution >= 4 is 11.9 Å². The number of nitrogens with one attached hydrogen (secondary N) is 1. The summed E-state index contributed by atoms with van der Waals surface area (Å²) in [5.74, 6) is 1.04. The number of nitrogens with zero attached hydrogens (tertiary/aromatic N) is 1. The second-order valence-corrected chi connectivity index (χ2v) is 3.43. The van der Waals surface area contributed by atoms with E-state index in [0.29, 0.717) is 6.54 Å². The van der Waals surface area contributed by atoms with E-state index in [9.17, 15) is 0 Å². The van der Waals surface area contributed by atoms with E-state index < -0.39 is 0 Å². The molecule has 1 aromatic rings. The minimum absolute atomic E-state index is 0.705. The third-order valence-electron chi connectivity index (χ3n) is 2.32. The van der Waals surface area contributed by atoms with Gasteiger partial charge in [0.15, 0.2) is 0 Å². The van der Waals surface area contributed by atoms with Gasteiger partial charge in [0.25, 0.3) is 0 Å². The normalized spacial score (nSPS) is 14.4. The van der Waals surface area contributed by atoms with E-state index in [4.69, 9.17) is 5.73 Å². The minimum atomic E-state index is 0.705. The maximum atomic E-state index is 5.41. The fourth-order valence-electron chi connectivity index (χ4n) is 1.60. The summed E-state index contributed by atoms with van der Waals surface area (Å²) in [5.41, 5.74) is 7.89. The lowest BCUT2D eigenvalue weighted by Crippen LogP contribution is -1.95. The lowest BCUT2D eigenvalue weighted by Gasteiger charge is -1.99. The van der Waals surface area contributed by atoms with Crippen molar-refractivity contribution in [3.05, 3.63) is 29.5 Å². The second kappa shape index (κ2) is 4.24. The van der Waals surface area contributed by atoms with Crippen molar-refractivity contribution in [1.29, 1.82) is 0 Å². The molecule has 0 unspecified atom stereocenters. The number of pyridine rings is 1. The molecule has 3 nitrogen and oxygen atoms in total. The molecule has 3 heteroatoms. The fraction of sp³-hybridized carbons (Fsp3) is 0.364. The highest BCUT2D eigenvalue weighted by atomic mass is 15.0. The molecule has 0 aliphatic carbocycles. The minimum Gasteiger partial charge on any atom is -0.370 e. The number of rotatable bonds is 3. The number of anilines is 1. The molecule has 1 aliphatic rings. The zero-order valence-electron chi connectivity index (χ0n) is 8.16. The van der Waals surface area contributed by atoms with E-state index in [1.807, 2.05) is 6.20 Å². The van der Waals surface area contributed by atoms with Gasteiger partial charge >= 0.3 is 0 Å². The largest absolute Gasteiger partial charge is 0.370 e. The highest BCUT2D eigenvalue weighted by Crippen LogP contribution is 2.20. The van der Waals surface area contributed by atoms with Crippen LogP contribution in [-0.4, -0.2) is 18.1 Å². The number of hydrogen-bond acceptors (Lipinski definition) is 3. The van der Waals surface area contributed by atoms with Gasteiger partial charge in [0.2, 0.25) is 0 Å². The molecule has 0 saturated heterocycles. The van der Waals surface area contributed by atoms with Gasteiger partial charge in [0, 0.05) is 12.7 Å². The Bertz CT molecular complexity index is 344. The molecule has 2 heterocycles. The average molecular weight is 189 g/mol. The maximum absolute atomic E-state index is 5.41. The van der Waals surface area contributed by atoms with Crippen molar-refractivity contribution in [3.8, 4) is 0 Å². The summed E-state index contributed by atoms with van der Waals surface area (Å²) in [6.07, 6.45) is 8.07. The van der Waals surface area contributed by atoms with E-state index in [0.717, 1.165) is 25.2 Å². The zero-order chi connectivity index (χ0) is 9.80. The smallest absolute Gasteiger partial charge is 0.129 e. The Kier molecular flexibility index (Phi) is 2.79. The Hall–Kier alpha value is -1.35. The molecule has 2 rings (SSSR count). The van der Waals surface area contributed by atoms with E-state index in [-0.39, 0.29) is 0 Å². The van der Waals surface area contributed by atoms with Crippen molar-refractivity contribution in [2.75, 3.05) is 18.4 Å². The molecule has 0 spiro atoms. The summed E-state index contributed by atoms with van der Waals surface area (Å²) in [4.78, 5) is 4.34. The van der Waals surface area contributed by atoms with Gasteiger partial charge in [-0.05, 0) is 36.6 Å². The van der Waals surface area contributed by atoms with Gasteiger partial charge in [-0.1, -0.05) is 12.2 Å². The van der Waals surface area contributed by atoms with Gasteiger partial charge in [-0.25, -0.2) is 4.98 Å². The third-order valence-corrected chi connectivity index (χ3v) is 2.32. The van der Waals surface area contributed by atoms with Crippen molar-refractivity contribution < 1.29 is 0 Å². The van der Waals surface area contributed by atoms with Gasteiger partial charge in [-0.2, -0.15) is 0 Å². The van der Waals surface area contributed by atoms with Crippen molar-refractivity contribution in [2.45, 2.75) is 12.8 Å². The summed E-state index contributed by atoms with van der Waals surface area (Å²) < 4.78 is 0. The van der Waals surface area contributed by atoms with Crippen LogP contribution in [0.25, 0.3) is 6.08 Å². The zero-order valence-corrected chi connectivity index (χ0v) is 8.16. The van der Waals surface area contributed by atoms with Crippen molar-refractivity contribution in [1.82, 2.24) is 4.98 Å². The first kappa shape index (κ1) is 9.21. The molecular formula is C11H15N3. The van der Waals surface area contributed by atoms with Crippen LogP contribution in [0.3, 0.4) is 0 Å². The van der Waals surface area contributed by atoms with Crippen LogP contribution in [0.5, 0.6) is 0 Å². The van der Waals surface area contributed by atoms with Crippen LogP contribution in [0.15, 0.2) is 18.3 Å².